The third kappa shape index (κ3) is 7.46. The number of hydrogen-bond acceptors (Lipinski definition) is 5. The van der Waals surface area contributed by atoms with Gasteiger partial charge in [0, 0.05) is 17.1 Å². The molecule has 0 spiro atoms. The van der Waals surface area contributed by atoms with Gasteiger partial charge in [0.25, 0.3) is 0 Å². The van der Waals surface area contributed by atoms with E-state index in [0.29, 0.717) is 22.3 Å². The van der Waals surface area contributed by atoms with Crippen molar-refractivity contribution in [1.82, 2.24) is 10.2 Å². The van der Waals surface area contributed by atoms with Gasteiger partial charge in [0.05, 0.1) is 19.1 Å². The fourth-order valence-corrected chi connectivity index (χ4v) is 4.99. The molecule has 0 aliphatic carbocycles. The second kappa shape index (κ2) is 12.2. The zero-order valence-electron chi connectivity index (χ0n) is 20.1. The maximum absolute atomic E-state index is 13.6. The lowest BCUT2D eigenvalue weighted by Crippen LogP contribution is -2.53. The summed E-state index contributed by atoms with van der Waals surface area (Å²) in [6.45, 7) is 5.18. The Kier molecular flexibility index (Phi) is 9.93. The third-order valence-corrected chi connectivity index (χ3v) is 6.90. The van der Waals surface area contributed by atoms with Gasteiger partial charge in [-0.3, -0.25) is 13.9 Å². The number of hydrogen-bond donors (Lipinski definition) is 1. The molecule has 0 fully saturated rings. The van der Waals surface area contributed by atoms with Gasteiger partial charge in [0.1, 0.15) is 18.3 Å². The van der Waals surface area contributed by atoms with Crippen molar-refractivity contribution >= 4 is 43.5 Å². The van der Waals surface area contributed by atoms with Gasteiger partial charge < -0.3 is 15.0 Å². The standard InChI is InChI=1S/C24H32BrN3O5S/c1-6-21(24(30)26-17(2)3)27(15-18-10-9-11-19(14-18)33-4)23(29)16-28(34(5,31)32)22-13-8-7-12-20(22)25/h7-14,17,21H,6,15-16H2,1-5H3,(H,26,30)/t21-/m0/s1. The van der Waals surface area contributed by atoms with E-state index >= 15 is 0 Å². The molecule has 2 amide bonds. The van der Waals surface area contributed by atoms with Crippen LogP contribution in [0.15, 0.2) is 53.0 Å². The molecule has 2 rings (SSSR count). The third-order valence-electron chi connectivity index (χ3n) is 5.10. The molecule has 34 heavy (non-hydrogen) atoms. The molecule has 0 aliphatic rings. The highest BCUT2D eigenvalue weighted by molar-refractivity contribution is 9.10. The molecule has 186 valence electrons. The smallest absolute Gasteiger partial charge is 0.244 e. The van der Waals surface area contributed by atoms with Gasteiger partial charge in [0.15, 0.2) is 0 Å². The average Bonchev–Trinajstić information content (AvgIpc) is 2.76. The molecular weight excluding hydrogens is 522 g/mol. The Morgan fingerprint density at radius 3 is 2.35 bits per heavy atom. The molecule has 0 unspecified atom stereocenters. The van der Waals surface area contributed by atoms with E-state index < -0.39 is 28.5 Å². The number of carbonyl (C=O) groups excluding carboxylic acids is 2. The van der Waals surface area contributed by atoms with Crippen LogP contribution in [0, 0.1) is 0 Å². The highest BCUT2D eigenvalue weighted by atomic mass is 79.9. The first-order valence-corrected chi connectivity index (χ1v) is 13.6. The minimum absolute atomic E-state index is 0.108. The van der Waals surface area contributed by atoms with E-state index in [1.807, 2.05) is 26.8 Å². The molecule has 0 heterocycles. The minimum Gasteiger partial charge on any atom is -0.497 e. The zero-order chi connectivity index (χ0) is 25.5. The molecular formula is C24H32BrN3O5S. The SMILES string of the molecule is CC[C@@H](C(=O)NC(C)C)N(Cc1cccc(OC)c1)C(=O)CN(c1ccccc1Br)S(C)(=O)=O. The van der Waals surface area contributed by atoms with Gasteiger partial charge in [-0.25, -0.2) is 8.42 Å². The monoisotopic (exact) mass is 553 g/mol. The molecule has 0 radical (unpaired) electrons. The topological polar surface area (TPSA) is 96.0 Å². The molecule has 0 aliphatic heterocycles. The number of sulfonamides is 1. The Morgan fingerprint density at radius 2 is 1.79 bits per heavy atom. The quantitative estimate of drug-likeness (QED) is 0.459. The van der Waals surface area contributed by atoms with Gasteiger partial charge in [0.2, 0.25) is 21.8 Å². The molecule has 0 saturated heterocycles. The number of nitrogens with one attached hydrogen (secondary N) is 1. The number of rotatable bonds is 11. The van der Waals surface area contributed by atoms with E-state index in [1.54, 1.807) is 49.6 Å². The van der Waals surface area contributed by atoms with Crippen LogP contribution >= 0.6 is 15.9 Å². The number of nitrogens with zero attached hydrogens (tertiary/aromatic N) is 2. The van der Waals surface area contributed by atoms with E-state index in [9.17, 15) is 18.0 Å². The van der Waals surface area contributed by atoms with Crippen molar-refractivity contribution in [2.45, 2.75) is 45.8 Å². The lowest BCUT2D eigenvalue weighted by molar-refractivity contribution is -0.140. The first-order chi connectivity index (χ1) is 16.0. The number of ether oxygens (including phenoxy) is 1. The van der Waals surface area contributed by atoms with E-state index in [2.05, 4.69) is 21.2 Å². The van der Waals surface area contributed by atoms with Gasteiger partial charge in [-0.1, -0.05) is 31.2 Å². The van der Waals surface area contributed by atoms with E-state index in [-0.39, 0.29) is 18.5 Å². The normalized spacial score (nSPS) is 12.2. The van der Waals surface area contributed by atoms with Crippen LogP contribution in [0.1, 0.15) is 32.8 Å². The average molecular weight is 555 g/mol. The van der Waals surface area contributed by atoms with Crippen molar-refractivity contribution < 1.29 is 22.7 Å². The van der Waals surface area contributed by atoms with Crippen LogP contribution in [0.5, 0.6) is 5.75 Å². The summed E-state index contributed by atoms with van der Waals surface area (Å²) in [4.78, 5) is 28.0. The predicted octanol–water partition coefficient (Wildman–Crippen LogP) is 3.56. The Hall–Kier alpha value is -2.59. The Bertz CT molecular complexity index is 1110. The van der Waals surface area contributed by atoms with Crippen molar-refractivity contribution in [3.05, 3.63) is 58.6 Å². The Morgan fingerprint density at radius 1 is 1.12 bits per heavy atom. The second-order valence-electron chi connectivity index (χ2n) is 8.18. The molecule has 0 saturated carbocycles. The Balaban J connectivity index is 2.47. The fourth-order valence-electron chi connectivity index (χ4n) is 3.52. The van der Waals surface area contributed by atoms with E-state index in [4.69, 9.17) is 4.74 Å². The summed E-state index contributed by atoms with van der Waals surface area (Å²) in [6.07, 6.45) is 1.41. The fraction of sp³-hybridized carbons (Fsp3) is 0.417. The number of halogens is 1. The largest absolute Gasteiger partial charge is 0.497 e. The van der Waals surface area contributed by atoms with Crippen molar-refractivity contribution in [3.8, 4) is 5.75 Å². The highest BCUT2D eigenvalue weighted by Crippen LogP contribution is 2.28. The van der Waals surface area contributed by atoms with Gasteiger partial charge in [-0.2, -0.15) is 0 Å². The first kappa shape index (κ1) is 27.7. The number of methoxy groups -OCH3 is 1. The van der Waals surface area contributed by atoms with Crippen LogP contribution in [0.25, 0.3) is 0 Å². The number of anilines is 1. The summed E-state index contributed by atoms with van der Waals surface area (Å²) in [5.74, 6) is -0.161. The van der Waals surface area contributed by atoms with Crippen LogP contribution < -0.4 is 14.4 Å². The van der Waals surface area contributed by atoms with Crippen LogP contribution in [0.2, 0.25) is 0 Å². The summed E-state index contributed by atoms with van der Waals surface area (Å²) in [5, 5.41) is 2.86. The molecule has 1 atom stereocenters. The Labute approximate surface area is 210 Å². The number of benzene rings is 2. The van der Waals surface area contributed by atoms with Crippen molar-refractivity contribution in [2.75, 3.05) is 24.2 Å². The second-order valence-corrected chi connectivity index (χ2v) is 10.9. The van der Waals surface area contributed by atoms with Crippen LogP contribution in [-0.4, -0.2) is 57.1 Å². The first-order valence-electron chi connectivity index (χ1n) is 10.9. The minimum atomic E-state index is -3.79. The molecule has 8 nitrogen and oxygen atoms in total. The maximum Gasteiger partial charge on any atom is 0.244 e. The molecule has 0 bridgehead atoms. The number of para-hydroxylation sites is 1. The van der Waals surface area contributed by atoms with Crippen molar-refractivity contribution in [1.29, 1.82) is 0 Å². The van der Waals surface area contributed by atoms with Crippen LogP contribution in [-0.2, 0) is 26.2 Å². The summed E-state index contributed by atoms with van der Waals surface area (Å²) in [5.41, 5.74) is 1.11. The number of carbonyl (C=O) groups is 2. The lowest BCUT2D eigenvalue weighted by Gasteiger charge is -2.33. The molecule has 10 heteroatoms. The van der Waals surface area contributed by atoms with Gasteiger partial charge in [-0.05, 0) is 66.0 Å². The van der Waals surface area contributed by atoms with Crippen molar-refractivity contribution in [3.63, 3.8) is 0 Å². The predicted molar refractivity (Wildman–Crippen MR) is 137 cm³/mol. The number of amides is 2. The van der Waals surface area contributed by atoms with E-state index in [1.165, 1.54) is 4.90 Å². The molecule has 2 aromatic carbocycles. The summed E-state index contributed by atoms with van der Waals surface area (Å²) >= 11 is 3.37. The van der Waals surface area contributed by atoms with Gasteiger partial charge >= 0.3 is 0 Å². The molecule has 0 aromatic heterocycles. The molecule has 1 N–H and O–H groups in total. The van der Waals surface area contributed by atoms with Gasteiger partial charge in [-0.15, -0.1) is 0 Å². The summed E-state index contributed by atoms with van der Waals surface area (Å²) < 4.78 is 32.2. The van der Waals surface area contributed by atoms with E-state index in [0.717, 1.165) is 16.1 Å². The summed E-state index contributed by atoms with van der Waals surface area (Å²) in [6, 6.07) is 13.1. The summed E-state index contributed by atoms with van der Waals surface area (Å²) in [7, 11) is -2.24. The highest BCUT2D eigenvalue weighted by Gasteiger charge is 2.32. The molecule has 2 aromatic rings. The van der Waals surface area contributed by atoms with Crippen LogP contribution in [0.3, 0.4) is 0 Å². The maximum atomic E-state index is 13.6. The lowest BCUT2D eigenvalue weighted by atomic mass is 10.1. The van der Waals surface area contributed by atoms with Crippen LogP contribution in [0.4, 0.5) is 5.69 Å². The van der Waals surface area contributed by atoms with Crippen molar-refractivity contribution in [2.24, 2.45) is 0 Å². The zero-order valence-corrected chi connectivity index (χ0v) is 22.5.